The highest BCUT2D eigenvalue weighted by atomic mass is 16.5. The van der Waals surface area contributed by atoms with Crippen LogP contribution in [0.1, 0.15) is 36.7 Å². The van der Waals surface area contributed by atoms with E-state index in [9.17, 15) is 4.79 Å². The van der Waals surface area contributed by atoms with Crippen molar-refractivity contribution < 1.29 is 9.53 Å². The van der Waals surface area contributed by atoms with Crippen molar-refractivity contribution in [2.24, 2.45) is 0 Å². The molecule has 0 N–H and O–H groups in total. The molecule has 4 heteroatoms. The van der Waals surface area contributed by atoms with Gasteiger partial charge in [-0.15, -0.1) is 0 Å². The molecule has 0 spiro atoms. The van der Waals surface area contributed by atoms with Crippen molar-refractivity contribution in [3.05, 3.63) is 53.6 Å². The summed E-state index contributed by atoms with van der Waals surface area (Å²) < 4.78 is 6.87. The van der Waals surface area contributed by atoms with Gasteiger partial charge in [0.25, 0.3) is 0 Å². The molecule has 1 aromatic heterocycles. The summed E-state index contributed by atoms with van der Waals surface area (Å²) in [6.07, 6.45) is 4.10. The normalized spacial score (nSPS) is 10.8. The largest absolute Gasteiger partial charge is 0.469 e. The van der Waals surface area contributed by atoms with E-state index in [2.05, 4.69) is 23.4 Å². The number of rotatable bonds is 5. The molecular formula is C16H20N2O2. The van der Waals surface area contributed by atoms with Crippen LogP contribution in [0.3, 0.4) is 0 Å². The lowest BCUT2D eigenvalue weighted by molar-refractivity contribution is -0.139. The molecule has 0 radical (unpaired) electrons. The number of hydrogen-bond donors (Lipinski definition) is 0. The van der Waals surface area contributed by atoms with E-state index in [0.717, 1.165) is 23.5 Å². The summed E-state index contributed by atoms with van der Waals surface area (Å²) >= 11 is 0. The number of hydrogen-bond acceptors (Lipinski definition) is 3. The SMILES string of the molecule is COC(=O)Cc1ccccc1Cn1ccnc1C(C)C. The molecule has 0 aliphatic carbocycles. The molecule has 0 unspecified atom stereocenters. The number of esters is 1. The van der Waals surface area contributed by atoms with Crippen LogP contribution in [0.4, 0.5) is 0 Å². The zero-order valence-corrected chi connectivity index (χ0v) is 12.2. The number of methoxy groups -OCH3 is 1. The summed E-state index contributed by atoms with van der Waals surface area (Å²) in [4.78, 5) is 15.9. The molecule has 106 valence electrons. The Morgan fingerprint density at radius 1 is 1.30 bits per heavy atom. The minimum atomic E-state index is -0.216. The van der Waals surface area contributed by atoms with Gasteiger partial charge in [-0.2, -0.15) is 0 Å². The molecule has 0 saturated carbocycles. The molecule has 0 amide bonds. The van der Waals surface area contributed by atoms with Crippen molar-refractivity contribution in [2.75, 3.05) is 7.11 Å². The fourth-order valence-electron chi connectivity index (χ4n) is 2.25. The first kappa shape index (κ1) is 14.3. The molecule has 0 aliphatic heterocycles. The van der Waals surface area contributed by atoms with Gasteiger partial charge in [-0.25, -0.2) is 4.98 Å². The molecule has 0 bridgehead atoms. The number of carbonyl (C=O) groups is 1. The van der Waals surface area contributed by atoms with Gasteiger partial charge in [0.1, 0.15) is 5.82 Å². The Labute approximate surface area is 119 Å². The van der Waals surface area contributed by atoms with E-state index < -0.39 is 0 Å². The lowest BCUT2D eigenvalue weighted by Crippen LogP contribution is -2.11. The third-order valence-electron chi connectivity index (χ3n) is 3.29. The van der Waals surface area contributed by atoms with Crippen LogP contribution in [-0.2, 0) is 22.5 Å². The summed E-state index contributed by atoms with van der Waals surface area (Å²) in [7, 11) is 1.41. The quantitative estimate of drug-likeness (QED) is 0.786. The van der Waals surface area contributed by atoms with Crippen molar-refractivity contribution in [2.45, 2.75) is 32.7 Å². The first-order valence-electron chi connectivity index (χ1n) is 6.76. The Morgan fingerprint density at radius 3 is 2.65 bits per heavy atom. The molecule has 2 rings (SSSR count). The first-order valence-corrected chi connectivity index (χ1v) is 6.76. The second kappa shape index (κ2) is 6.37. The second-order valence-corrected chi connectivity index (χ2v) is 5.09. The van der Waals surface area contributed by atoms with Crippen LogP contribution in [0.2, 0.25) is 0 Å². The van der Waals surface area contributed by atoms with Crippen molar-refractivity contribution in [3.8, 4) is 0 Å². The van der Waals surface area contributed by atoms with Crippen molar-refractivity contribution in [3.63, 3.8) is 0 Å². The third-order valence-corrected chi connectivity index (χ3v) is 3.29. The minimum Gasteiger partial charge on any atom is -0.469 e. The summed E-state index contributed by atoms with van der Waals surface area (Å²) in [5.74, 6) is 1.21. The number of nitrogens with zero attached hydrogens (tertiary/aromatic N) is 2. The van der Waals surface area contributed by atoms with E-state index in [1.807, 2.05) is 36.7 Å². The van der Waals surface area contributed by atoms with Gasteiger partial charge in [-0.3, -0.25) is 4.79 Å². The minimum absolute atomic E-state index is 0.216. The number of benzene rings is 1. The molecule has 20 heavy (non-hydrogen) atoms. The lowest BCUT2D eigenvalue weighted by Gasteiger charge is -2.13. The monoisotopic (exact) mass is 272 g/mol. The van der Waals surface area contributed by atoms with Crippen LogP contribution in [0, 0.1) is 0 Å². The Morgan fingerprint density at radius 2 is 2.00 bits per heavy atom. The van der Waals surface area contributed by atoms with Crippen molar-refractivity contribution in [1.29, 1.82) is 0 Å². The van der Waals surface area contributed by atoms with Crippen LogP contribution < -0.4 is 0 Å². The van der Waals surface area contributed by atoms with E-state index >= 15 is 0 Å². The maximum atomic E-state index is 11.5. The zero-order chi connectivity index (χ0) is 14.5. The fourth-order valence-corrected chi connectivity index (χ4v) is 2.25. The van der Waals surface area contributed by atoms with Crippen molar-refractivity contribution in [1.82, 2.24) is 9.55 Å². The average Bonchev–Trinajstić information content (AvgIpc) is 2.89. The van der Waals surface area contributed by atoms with Gasteiger partial charge in [0.05, 0.1) is 13.5 Å². The standard InChI is InChI=1S/C16H20N2O2/c1-12(2)16-17-8-9-18(16)11-14-7-5-4-6-13(14)10-15(19)20-3/h4-9,12H,10-11H2,1-3H3. The van der Waals surface area contributed by atoms with Crippen LogP contribution >= 0.6 is 0 Å². The van der Waals surface area contributed by atoms with Gasteiger partial charge in [0.2, 0.25) is 0 Å². The number of carbonyl (C=O) groups excluding carboxylic acids is 1. The van der Waals surface area contributed by atoms with E-state index in [1.54, 1.807) is 0 Å². The van der Waals surface area contributed by atoms with E-state index in [0.29, 0.717) is 12.3 Å². The average molecular weight is 272 g/mol. The Hall–Kier alpha value is -2.10. The first-order chi connectivity index (χ1) is 9.61. The molecule has 1 aromatic carbocycles. The number of imidazole rings is 1. The smallest absolute Gasteiger partial charge is 0.309 e. The summed E-state index contributed by atoms with van der Waals surface area (Å²) in [5, 5.41) is 0. The number of ether oxygens (including phenoxy) is 1. The molecule has 2 aromatic rings. The topological polar surface area (TPSA) is 44.1 Å². The Balaban J connectivity index is 2.25. The van der Waals surface area contributed by atoms with E-state index in [4.69, 9.17) is 4.74 Å². The maximum absolute atomic E-state index is 11.5. The Kier molecular flexibility index (Phi) is 4.56. The summed E-state index contributed by atoms with van der Waals surface area (Å²) in [5.41, 5.74) is 2.13. The molecule has 1 heterocycles. The van der Waals surface area contributed by atoms with Crippen LogP contribution in [0.25, 0.3) is 0 Å². The number of aromatic nitrogens is 2. The predicted molar refractivity (Wildman–Crippen MR) is 77.6 cm³/mol. The van der Waals surface area contributed by atoms with Crippen LogP contribution in [0.15, 0.2) is 36.7 Å². The fraction of sp³-hybridized carbons (Fsp3) is 0.375. The third kappa shape index (κ3) is 3.26. The lowest BCUT2D eigenvalue weighted by atomic mass is 10.0. The second-order valence-electron chi connectivity index (χ2n) is 5.09. The van der Waals surface area contributed by atoms with Crippen LogP contribution in [0.5, 0.6) is 0 Å². The highest BCUT2D eigenvalue weighted by molar-refractivity contribution is 5.72. The van der Waals surface area contributed by atoms with E-state index in [1.165, 1.54) is 7.11 Å². The Bertz CT molecular complexity index is 588. The van der Waals surface area contributed by atoms with Gasteiger partial charge in [-0.05, 0) is 11.1 Å². The highest BCUT2D eigenvalue weighted by Crippen LogP contribution is 2.17. The molecule has 0 atom stereocenters. The molecular weight excluding hydrogens is 252 g/mol. The molecule has 0 fully saturated rings. The maximum Gasteiger partial charge on any atom is 0.309 e. The molecule has 0 saturated heterocycles. The van der Waals surface area contributed by atoms with Gasteiger partial charge in [-0.1, -0.05) is 38.1 Å². The van der Waals surface area contributed by atoms with Gasteiger partial charge in [0.15, 0.2) is 0 Å². The molecule has 0 aliphatic rings. The van der Waals surface area contributed by atoms with E-state index in [-0.39, 0.29) is 5.97 Å². The predicted octanol–water partition coefficient (Wildman–Crippen LogP) is 2.77. The van der Waals surface area contributed by atoms with Gasteiger partial charge < -0.3 is 9.30 Å². The van der Waals surface area contributed by atoms with Crippen LogP contribution in [-0.4, -0.2) is 22.6 Å². The summed E-state index contributed by atoms with van der Waals surface area (Å²) in [6, 6.07) is 7.95. The van der Waals surface area contributed by atoms with Crippen molar-refractivity contribution >= 4 is 5.97 Å². The van der Waals surface area contributed by atoms with Gasteiger partial charge >= 0.3 is 5.97 Å². The highest BCUT2D eigenvalue weighted by Gasteiger charge is 2.11. The summed E-state index contributed by atoms with van der Waals surface area (Å²) in [6.45, 7) is 4.97. The van der Waals surface area contributed by atoms with Gasteiger partial charge in [0, 0.05) is 24.9 Å². The zero-order valence-electron chi connectivity index (χ0n) is 12.2. The molecule has 4 nitrogen and oxygen atoms in total.